The fourth-order valence-electron chi connectivity index (χ4n) is 2.11. The number of hydrogen-bond acceptors (Lipinski definition) is 2. The Labute approximate surface area is 133 Å². The second kappa shape index (κ2) is 8.32. The zero-order valence-electron chi connectivity index (χ0n) is 13.0. The summed E-state index contributed by atoms with van der Waals surface area (Å²) < 4.78 is 5.80. The molecule has 0 saturated carbocycles. The molecule has 3 nitrogen and oxygen atoms in total. The van der Waals surface area contributed by atoms with Crippen molar-refractivity contribution in [2.24, 2.45) is 0 Å². The lowest BCUT2D eigenvalue weighted by Crippen LogP contribution is -2.22. The number of anilines is 1. The van der Waals surface area contributed by atoms with Gasteiger partial charge in [0.05, 0.1) is 0 Å². The zero-order chi connectivity index (χ0) is 15.8. The highest BCUT2D eigenvalue weighted by atomic mass is 16.5. The Kier molecular flexibility index (Phi) is 6.13. The third-order valence-corrected chi connectivity index (χ3v) is 3.25. The van der Waals surface area contributed by atoms with Gasteiger partial charge in [-0.05, 0) is 30.1 Å². The molecule has 5 heteroatoms. The van der Waals surface area contributed by atoms with Crippen molar-refractivity contribution in [3.05, 3.63) is 54.1 Å². The van der Waals surface area contributed by atoms with E-state index in [1.54, 1.807) is 0 Å². The molecule has 2 aromatic carbocycles. The van der Waals surface area contributed by atoms with Gasteiger partial charge in [-0.25, -0.2) is 0 Å². The molecule has 0 aliphatic carbocycles. The molecule has 0 unspecified atom stereocenters. The number of carbonyl (C=O) groups excluding carboxylic acids is 1. The molecule has 110 valence electrons. The summed E-state index contributed by atoms with van der Waals surface area (Å²) in [5.74, 6) is 0.778. The second-order valence-corrected chi connectivity index (χ2v) is 4.97. The van der Waals surface area contributed by atoms with Gasteiger partial charge in [-0.2, -0.15) is 0 Å². The highest BCUT2D eigenvalue weighted by Crippen LogP contribution is 2.15. The normalized spacial score (nSPS) is 9.91. The third kappa shape index (κ3) is 4.69. The molecule has 0 aliphatic heterocycles. The van der Waals surface area contributed by atoms with E-state index in [1.807, 2.05) is 76.7 Å². The first-order chi connectivity index (χ1) is 10.7. The molecule has 0 saturated heterocycles. The molecule has 2 radical (unpaired) electrons. The maximum atomic E-state index is 11.7. The molecule has 0 aromatic heterocycles. The van der Waals surface area contributed by atoms with Crippen molar-refractivity contribution in [1.29, 1.82) is 0 Å². The van der Waals surface area contributed by atoms with Crippen LogP contribution < -0.4 is 15.5 Å². The van der Waals surface area contributed by atoms with Gasteiger partial charge in [-0.15, -0.1) is 0 Å². The van der Waals surface area contributed by atoms with Crippen LogP contribution in [0.3, 0.4) is 0 Å². The van der Waals surface area contributed by atoms with Crippen LogP contribution in [0.4, 0.5) is 5.69 Å². The fourth-order valence-corrected chi connectivity index (χ4v) is 2.11. The zero-order valence-corrected chi connectivity index (χ0v) is 13.0. The van der Waals surface area contributed by atoms with E-state index in [-0.39, 0.29) is 5.91 Å². The summed E-state index contributed by atoms with van der Waals surface area (Å²) >= 11 is 0. The number of hydrogen-bond donors (Lipinski definition) is 1. The summed E-state index contributed by atoms with van der Waals surface area (Å²) in [7, 11) is 3.79. The van der Waals surface area contributed by atoms with Crippen LogP contribution in [0.15, 0.2) is 48.5 Å². The molecule has 0 bridgehead atoms. The van der Waals surface area contributed by atoms with Gasteiger partial charge in [0.15, 0.2) is 7.28 Å². The largest absolute Gasteiger partial charge is 0.489 e. The molecule has 0 spiro atoms. The minimum atomic E-state index is -0.0106. The van der Waals surface area contributed by atoms with E-state index in [2.05, 4.69) is 5.32 Å². The monoisotopic (exact) mass is 291 g/mol. The fraction of sp³-hybridized carbons (Fsp3) is 0.235. The number of amides is 1. The van der Waals surface area contributed by atoms with E-state index < -0.39 is 0 Å². The van der Waals surface area contributed by atoms with E-state index in [4.69, 9.17) is 4.74 Å². The van der Waals surface area contributed by atoms with Crippen LogP contribution in [-0.4, -0.2) is 20.5 Å². The van der Waals surface area contributed by atoms with E-state index in [0.29, 0.717) is 12.9 Å². The molecule has 0 atom stereocenters. The molecule has 0 fully saturated rings. The quantitative estimate of drug-likeness (QED) is 0.797. The van der Waals surface area contributed by atoms with Crippen LogP contribution in [-0.2, 0) is 11.4 Å². The van der Waals surface area contributed by atoms with E-state index in [1.165, 1.54) is 0 Å². The predicted molar refractivity (Wildman–Crippen MR) is 93.5 cm³/mol. The van der Waals surface area contributed by atoms with Gasteiger partial charge in [-0.1, -0.05) is 49.4 Å². The van der Waals surface area contributed by atoms with Gasteiger partial charge in [0.1, 0.15) is 19.6 Å². The number of ether oxygens (including phenoxy) is 1. The van der Waals surface area contributed by atoms with Crippen molar-refractivity contribution in [1.82, 2.24) is 0 Å². The van der Waals surface area contributed by atoms with Gasteiger partial charge in [0.25, 0.3) is 0 Å². The topological polar surface area (TPSA) is 38.3 Å². The summed E-state index contributed by atoms with van der Waals surface area (Å²) in [5.41, 5.74) is 2.89. The maximum absolute atomic E-state index is 11.7. The molecule has 1 amide bonds. The number of benzene rings is 2. The molecular formula is C17H19B2NO2. The van der Waals surface area contributed by atoms with Crippen LogP contribution in [0.25, 0.3) is 0 Å². The average Bonchev–Trinajstić information content (AvgIpc) is 2.55. The highest BCUT2D eigenvalue weighted by molar-refractivity contribution is 6.54. The molecule has 2 aromatic rings. The molecule has 1 N–H and O–H groups in total. The van der Waals surface area contributed by atoms with Crippen molar-refractivity contribution in [3.63, 3.8) is 0 Å². The van der Waals surface area contributed by atoms with E-state index in [0.717, 1.165) is 22.5 Å². The van der Waals surface area contributed by atoms with Gasteiger partial charge < -0.3 is 10.1 Å². The highest BCUT2D eigenvalue weighted by Gasteiger charge is 2.07. The van der Waals surface area contributed by atoms with Crippen molar-refractivity contribution < 1.29 is 9.53 Å². The van der Waals surface area contributed by atoms with Crippen molar-refractivity contribution >= 4 is 31.6 Å². The number of rotatable bonds is 7. The minimum Gasteiger partial charge on any atom is -0.489 e. The summed E-state index contributed by atoms with van der Waals surface area (Å²) in [6.45, 7) is 4.34. The van der Waals surface area contributed by atoms with Gasteiger partial charge in [-0.3, -0.25) is 4.79 Å². The second-order valence-electron chi connectivity index (χ2n) is 4.97. The van der Waals surface area contributed by atoms with Crippen LogP contribution in [0.5, 0.6) is 5.75 Å². The molecule has 22 heavy (non-hydrogen) atoms. The maximum Gasteiger partial charge on any atom is 0.216 e. The van der Waals surface area contributed by atoms with Crippen LogP contribution in [0.2, 0.25) is 20.0 Å². The number of nitrogens with one attached hydrogen (secondary N) is 1. The molecular weight excluding hydrogens is 272 g/mol. The van der Waals surface area contributed by atoms with Crippen molar-refractivity contribution in [2.45, 2.75) is 26.6 Å². The first-order valence-electron chi connectivity index (χ1n) is 7.40. The SMILES string of the molecule is C[B]CC(=O)Nc1ccc(OCc2ccccc2)cc1[B]C. The Hall–Kier alpha value is -2.16. The van der Waals surface area contributed by atoms with Crippen molar-refractivity contribution in [3.8, 4) is 5.75 Å². The van der Waals surface area contributed by atoms with E-state index >= 15 is 0 Å². The summed E-state index contributed by atoms with van der Waals surface area (Å²) in [4.78, 5) is 11.7. The summed E-state index contributed by atoms with van der Waals surface area (Å²) in [6, 6.07) is 15.7. The Morgan fingerprint density at radius 1 is 1.14 bits per heavy atom. The van der Waals surface area contributed by atoms with Gasteiger partial charge >= 0.3 is 0 Å². The summed E-state index contributed by atoms with van der Waals surface area (Å²) in [6.07, 6.45) is 0.412. The first-order valence-corrected chi connectivity index (χ1v) is 7.40. The standard InChI is InChI=1S/C17H19B2NO2/c1-18-11-17(21)20-16-9-8-14(10-15(16)19-2)22-12-13-6-4-3-5-7-13/h3-10H,11-12H2,1-2H3,(H,20,21). The lowest BCUT2D eigenvalue weighted by molar-refractivity contribution is -0.114. The molecule has 0 aliphatic rings. The van der Waals surface area contributed by atoms with Gasteiger partial charge in [0.2, 0.25) is 5.91 Å². The minimum absolute atomic E-state index is 0.0106. The van der Waals surface area contributed by atoms with Crippen LogP contribution in [0, 0.1) is 0 Å². The Bertz CT molecular complexity index is 617. The van der Waals surface area contributed by atoms with Crippen molar-refractivity contribution in [2.75, 3.05) is 5.32 Å². The Morgan fingerprint density at radius 2 is 1.91 bits per heavy atom. The molecule has 2 rings (SSSR count). The van der Waals surface area contributed by atoms with Crippen LogP contribution in [0.1, 0.15) is 5.56 Å². The lowest BCUT2D eigenvalue weighted by atomic mass is 9.72. The van der Waals surface area contributed by atoms with Crippen LogP contribution >= 0.6 is 0 Å². The first kappa shape index (κ1) is 16.2. The Morgan fingerprint density at radius 3 is 2.59 bits per heavy atom. The van der Waals surface area contributed by atoms with Gasteiger partial charge in [0, 0.05) is 5.69 Å². The lowest BCUT2D eigenvalue weighted by Gasteiger charge is -2.12. The van der Waals surface area contributed by atoms with E-state index in [9.17, 15) is 4.79 Å². The number of carbonyl (C=O) groups is 1. The third-order valence-electron chi connectivity index (χ3n) is 3.25. The molecule has 0 heterocycles. The summed E-state index contributed by atoms with van der Waals surface area (Å²) in [5, 5.41) is 2.91. The predicted octanol–water partition coefficient (Wildman–Crippen LogP) is 2.75. The smallest absolute Gasteiger partial charge is 0.216 e. The Balaban J connectivity index is 2.03. The average molecular weight is 291 g/mol.